The van der Waals surface area contributed by atoms with Crippen LogP contribution in [-0.4, -0.2) is 23.8 Å². The van der Waals surface area contributed by atoms with E-state index in [2.05, 4.69) is 5.10 Å². The molecule has 2 aliphatic rings. The standard InChI is InChI=1S/C16H19N5O4/c1-18-9-10(8-17-18)13-14(21(24)25)15(22)20(12-6-3-7-12)16(23)19(13)11-4-2-5-11/h8-9,11-12H,2-7H2,1H3. The Hall–Kier alpha value is -2.71. The van der Waals surface area contributed by atoms with Crippen LogP contribution in [0.25, 0.3) is 11.3 Å². The highest BCUT2D eigenvalue weighted by Gasteiger charge is 2.36. The summed E-state index contributed by atoms with van der Waals surface area (Å²) in [5.74, 6) is 0. The van der Waals surface area contributed by atoms with Crippen LogP contribution in [0.3, 0.4) is 0 Å². The van der Waals surface area contributed by atoms with E-state index in [1.54, 1.807) is 13.2 Å². The smallest absolute Gasteiger partial charge is 0.284 e. The highest BCUT2D eigenvalue weighted by atomic mass is 16.6. The van der Waals surface area contributed by atoms with Crippen LogP contribution in [0.5, 0.6) is 0 Å². The zero-order valence-corrected chi connectivity index (χ0v) is 13.9. The van der Waals surface area contributed by atoms with E-state index >= 15 is 0 Å². The van der Waals surface area contributed by atoms with Crippen LogP contribution < -0.4 is 11.2 Å². The molecule has 2 aromatic heterocycles. The molecule has 0 radical (unpaired) electrons. The van der Waals surface area contributed by atoms with Crippen molar-refractivity contribution in [3.8, 4) is 11.3 Å². The maximum absolute atomic E-state index is 13.1. The Kier molecular flexibility index (Phi) is 3.59. The molecular weight excluding hydrogens is 326 g/mol. The summed E-state index contributed by atoms with van der Waals surface area (Å²) >= 11 is 0. The first kappa shape index (κ1) is 15.8. The number of aromatic nitrogens is 4. The molecule has 9 nitrogen and oxygen atoms in total. The van der Waals surface area contributed by atoms with Crippen LogP contribution >= 0.6 is 0 Å². The van der Waals surface area contributed by atoms with Crippen molar-refractivity contribution in [1.29, 1.82) is 0 Å². The molecule has 0 N–H and O–H groups in total. The predicted molar refractivity (Wildman–Crippen MR) is 89.6 cm³/mol. The molecular formula is C16H19N5O4. The SMILES string of the molecule is Cn1cc(-c2c([N+](=O)[O-])c(=O)n(C3CCC3)c(=O)n2C2CCC2)cn1. The van der Waals surface area contributed by atoms with Crippen molar-refractivity contribution in [1.82, 2.24) is 18.9 Å². The van der Waals surface area contributed by atoms with Gasteiger partial charge in [-0.1, -0.05) is 0 Å². The van der Waals surface area contributed by atoms with Gasteiger partial charge in [0.1, 0.15) is 5.69 Å². The molecule has 2 aliphatic carbocycles. The molecule has 0 aromatic carbocycles. The first-order chi connectivity index (χ1) is 12.0. The molecule has 0 saturated heterocycles. The minimum atomic E-state index is -0.797. The maximum atomic E-state index is 13.1. The Labute approximate surface area is 142 Å². The second kappa shape index (κ2) is 5.68. The van der Waals surface area contributed by atoms with E-state index in [-0.39, 0.29) is 17.8 Å². The molecule has 0 aliphatic heterocycles. The van der Waals surface area contributed by atoms with Crippen LogP contribution in [0.2, 0.25) is 0 Å². The van der Waals surface area contributed by atoms with Gasteiger partial charge in [-0.3, -0.25) is 28.7 Å². The molecule has 0 unspecified atom stereocenters. The zero-order valence-electron chi connectivity index (χ0n) is 13.9. The fourth-order valence-electron chi connectivity index (χ4n) is 3.56. The van der Waals surface area contributed by atoms with E-state index in [4.69, 9.17) is 0 Å². The predicted octanol–water partition coefficient (Wildman–Crippen LogP) is 1.77. The first-order valence-corrected chi connectivity index (χ1v) is 8.53. The fourth-order valence-corrected chi connectivity index (χ4v) is 3.56. The molecule has 2 heterocycles. The summed E-state index contributed by atoms with van der Waals surface area (Å²) in [7, 11) is 1.69. The van der Waals surface area contributed by atoms with Crippen LogP contribution in [-0.2, 0) is 7.05 Å². The minimum absolute atomic E-state index is 0.0911. The van der Waals surface area contributed by atoms with Gasteiger partial charge in [-0.2, -0.15) is 5.10 Å². The topological polar surface area (TPSA) is 105 Å². The quantitative estimate of drug-likeness (QED) is 0.620. The molecule has 2 fully saturated rings. The highest BCUT2D eigenvalue weighted by molar-refractivity contribution is 5.68. The van der Waals surface area contributed by atoms with Crippen molar-refractivity contribution in [2.75, 3.05) is 0 Å². The molecule has 2 aromatic rings. The fraction of sp³-hybridized carbons (Fsp3) is 0.562. The third kappa shape index (κ3) is 2.33. The van der Waals surface area contributed by atoms with Gasteiger partial charge in [0.05, 0.1) is 11.1 Å². The van der Waals surface area contributed by atoms with Crippen LogP contribution in [0.4, 0.5) is 5.69 Å². The van der Waals surface area contributed by atoms with Gasteiger partial charge in [-0.15, -0.1) is 0 Å². The van der Waals surface area contributed by atoms with Crippen LogP contribution in [0, 0.1) is 10.1 Å². The van der Waals surface area contributed by atoms with Crippen molar-refractivity contribution in [2.24, 2.45) is 7.05 Å². The van der Waals surface area contributed by atoms with Gasteiger partial charge in [0, 0.05) is 30.9 Å². The summed E-state index contributed by atoms with van der Waals surface area (Å²) in [5, 5.41) is 15.8. The van der Waals surface area contributed by atoms with Gasteiger partial charge in [0.2, 0.25) is 0 Å². The minimum Gasteiger partial charge on any atom is -0.284 e. The number of rotatable bonds is 4. The average Bonchev–Trinajstić information content (AvgIpc) is 2.87. The third-order valence-corrected chi connectivity index (χ3v) is 5.34. The summed E-state index contributed by atoms with van der Waals surface area (Å²) < 4.78 is 4.09. The summed E-state index contributed by atoms with van der Waals surface area (Å²) in [6, 6.07) is -0.332. The number of nitrogens with zero attached hydrogens (tertiary/aromatic N) is 5. The zero-order chi connectivity index (χ0) is 17.7. The maximum Gasteiger partial charge on any atom is 0.358 e. The van der Waals surface area contributed by atoms with E-state index in [9.17, 15) is 19.7 Å². The first-order valence-electron chi connectivity index (χ1n) is 8.53. The average molecular weight is 345 g/mol. The molecule has 4 rings (SSSR count). The Morgan fingerprint density at radius 2 is 1.72 bits per heavy atom. The molecule has 0 atom stereocenters. The van der Waals surface area contributed by atoms with Crippen molar-refractivity contribution in [3.05, 3.63) is 43.3 Å². The van der Waals surface area contributed by atoms with Gasteiger partial charge in [0.25, 0.3) is 0 Å². The van der Waals surface area contributed by atoms with Crippen LogP contribution in [0.15, 0.2) is 22.0 Å². The summed E-state index contributed by atoms with van der Waals surface area (Å²) in [6.45, 7) is 0. The molecule has 0 spiro atoms. The van der Waals surface area contributed by atoms with Crippen molar-refractivity contribution >= 4 is 5.69 Å². The second-order valence-corrected chi connectivity index (χ2v) is 6.85. The van der Waals surface area contributed by atoms with Crippen molar-refractivity contribution in [2.45, 2.75) is 50.6 Å². The van der Waals surface area contributed by atoms with Crippen molar-refractivity contribution in [3.63, 3.8) is 0 Å². The lowest BCUT2D eigenvalue weighted by Gasteiger charge is -2.32. The van der Waals surface area contributed by atoms with E-state index in [0.717, 1.165) is 30.3 Å². The number of nitro groups is 1. The van der Waals surface area contributed by atoms with E-state index in [1.165, 1.54) is 15.4 Å². The summed E-state index contributed by atoms with van der Waals surface area (Å²) in [6.07, 6.45) is 7.96. The molecule has 132 valence electrons. The monoisotopic (exact) mass is 345 g/mol. The van der Waals surface area contributed by atoms with E-state index in [1.807, 2.05) is 0 Å². The Bertz CT molecular complexity index is 962. The van der Waals surface area contributed by atoms with Gasteiger partial charge in [0.15, 0.2) is 0 Å². The van der Waals surface area contributed by atoms with Crippen LogP contribution in [0.1, 0.15) is 50.6 Å². The number of hydrogen-bond acceptors (Lipinski definition) is 5. The molecule has 0 amide bonds. The summed E-state index contributed by atoms with van der Waals surface area (Å²) in [4.78, 5) is 37.0. The number of hydrogen-bond donors (Lipinski definition) is 0. The number of aryl methyl sites for hydroxylation is 1. The highest BCUT2D eigenvalue weighted by Crippen LogP contribution is 2.37. The Morgan fingerprint density at radius 1 is 1.12 bits per heavy atom. The van der Waals surface area contributed by atoms with E-state index < -0.39 is 21.9 Å². The van der Waals surface area contributed by atoms with Gasteiger partial charge >= 0.3 is 16.9 Å². The molecule has 2 saturated carbocycles. The molecule has 9 heteroatoms. The third-order valence-electron chi connectivity index (χ3n) is 5.34. The van der Waals surface area contributed by atoms with Gasteiger partial charge < -0.3 is 0 Å². The largest absolute Gasteiger partial charge is 0.358 e. The lowest BCUT2D eigenvalue weighted by molar-refractivity contribution is -0.386. The lowest BCUT2D eigenvalue weighted by atomic mass is 9.91. The van der Waals surface area contributed by atoms with E-state index in [0.29, 0.717) is 18.4 Å². The molecule has 25 heavy (non-hydrogen) atoms. The summed E-state index contributed by atoms with van der Waals surface area (Å²) in [5.41, 5.74) is -1.23. The molecule has 0 bridgehead atoms. The Balaban J connectivity index is 2.08. The lowest BCUT2D eigenvalue weighted by Crippen LogP contribution is -2.47. The normalized spacial score (nSPS) is 18.0. The van der Waals surface area contributed by atoms with Gasteiger partial charge in [-0.05, 0) is 38.5 Å². The Morgan fingerprint density at radius 3 is 2.16 bits per heavy atom. The van der Waals surface area contributed by atoms with Crippen molar-refractivity contribution < 1.29 is 4.92 Å². The second-order valence-electron chi connectivity index (χ2n) is 6.85. The van der Waals surface area contributed by atoms with Gasteiger partial charge in [-0.25, -0.2) is 4.79 Å².